The molecular weight excluding hydrogens is 467 g/mol. The lowest BCUT2D eigenvalue weighted by molar-refractivity contribution is -0.168. The third-order valence-corrected chi connectivity index (χ3v) is 9.31. The second-order valence-corrected chi connectivity index (χ2v) is 11.0. The summed E-state index contributed by atoms with van der Waals surface area (Å²) in [5, 5.41) is 0. The van der Waals surface area contributed by atoms with Crippen LogP contribution in [-0.2, 0) is 14.0 Å². The Bertz CT molecular complexity index is 907. The minimum Gasteiger partial charge on any atom is -0.594 e. The molecule has 0 aliphatic carbocycles. The van der Waals surface area contributed by atoms with Gasteiger partial charge in [0.25, 0.3) is 4.07 Å². The van der Waals surface area contributed by atoms with Crippen molar-refractivity contribution in [2.45, 2.75) is 54.9 Å². The molecule has 0 aliphatic rings. The lowest BCUT2D eigenvalue weighted by Crippen LogP contribution is -2.45. The van der Waals surface area contributed by atoms with E-state index in [0.717, 1.165) is 36.0 Å². The van der Waals surface area contributed by atoms with Crippen LogP contribution in [0, 0.1) is 0 Å². The summed E-state index contributed by atoms with van der Waals surface area (Å²) in [5.41, 5.74) is 2.01. The molecule has 0 saturated heterocycles. The molecular formula is C27H30BrO2P. The van der Waals surface area contributed by atoms with Gasteiger partial charge in [0.05, 0.1) is 5.41 Å². The third kappa shape index (κ3) is 4.85. The Morgan fingerprint density at radius 2 is 1.13 bits per heavy atom. The van der Waals surface area contributed by atoms with E-state index in [2.05, 4.69) is 47.1 Å². The molecule has 4 heteroatoms. The van der Waals surface area contributed by atoms with Gasteiger partial charge in [0, 0.05) is 5.56 Å². The summed E-state index contributed by atoms with van der Waals surface area (Å²) < 4.78 is 11.9. The Labute approximate surface area is 195 Å². The van der Waals surface area contributed by atoms with Crippen molar-refractivity contribution in [3.8, 4) is 0 Å². The van der Waals surface area contributed by atoms with Gasteiger partial charge in [0.1, 0.15) is 0 Å². The van der Waals surface area contributed by atoms with Gasteiger partial charge in [0.2, 0.25) is 0 Å². The van der Waals surface area contributed by atoms with Crippen molar-refractivity contribution >= 4 is 24.0 Å². The quantitative estimate of drug-likeness (QED) is 0.155. The fourth-order valence-electron chi connectivity index (χ4n) is 4.61. The first-order valence-electron chi connectivity index (χ1n) is 11.1. The van der Waals surface area contributed by atoms with Crippen LogP contribution in [0.2, 0.25) is 0 Å². The second kappa shape index (κ2) is 11.2. The first kappa shape index (κ1) is 23.9. The van der Waals surface area contributed by atoms with Gasteiger partial charge in [0.15, 0.2) is 0 Å². The van der Waals surface area contributed by atoms with Gasteiger partial charge in [-0.15, -0.1) is 0 Å². The minimum atomic E-state index is -2.87. The van der Waals surface area contributed by atoms with E-state index in [4.69, 9.17) is 0 Å². The monoisotopic (exact) mass is 496 g/mol. The Kier molecular flexibility index (Phi) is 8.60. The molecule has 0 spiro atoms. The molecule has 0 fully saturated rings. The van der Waals surface area contributed by atoms with Crippen molar-refractivity contribution in [1.29, 1.82) is 0 Å². The summed E-state index contributed by atoms with van der Waals surface area (Å²) in [7, 11) is -2.87. The van der Waals surface area contributed by atoms with E-state index in [-0.39, 0.29) is 0 Å². The number of unbranched alkanes of at least 4 members (excludes halogenated alkanes) is 4. The van der Waals surface area contributed by atoms with Gasteiger partial charge in [-0.05, 0) is 33.5 Å². The highest BCUT2D eigenvalue weighted by Crippen LogP contribution is 2.64. The summed E-state index contributed by atoms with van der Waals surface area (Å²) in [5.74, 6) is 0. The van der Waals surface area contributed by atoms with Crippen molar-refractivity contribution in [1.82, 2.24) is 0 Å². The van der Waals surface area contributed by atoms with Crippen LogP contribution < -0.4 is 4.89 Å². The zero-order valence-electron chi connectivity index (χ0n) is 18.0. The largest absolute Gasteiger partial charge is 0.594 e. The molecule has 0 aromatic heterocycles. The molecule has 2 nitrogen and oxygen atoms in total. The van der Waals surface area contributed by atoms with Crippen LogP contribution in [-0.4, -0.2) is 0 Å². The molecule has 2 atom stereocenters. The fraction of sp³-hybridized carbons (Fsp3) is 0.333. The van der Waals surface area contributed by atoms with Crippen molar-refractivity contribution in [3.63, 3.8) is 0 Å². The second-order valence-electron chi connectivity index (χ2n) is 8.05. The Morgan fingerprint density at radius 1 is 0.710 bits per heavy atom. The van der Waals surface area contributed by atoms with E-state index in [1.807, 2.05) is 66.7 Å². The number of alkyl halides is 1. The molecule has 3 aromatic carbocycles. The SMILES string of the molecule is CCCCCCCC(c1ccccc1)(c1ccccc1)C(Br)(c1ccccc1)[P+](=O)[O-]. The predicted octanol–water partition coefficient (Wildman–Crippen LogP) is 7.68. The fourth-order valence-corrected chi connectivity index (χ4v) is 6.57. The molecule has 31 heavy (non-hydrogen) atoms. The molecule has 0 N–H and O–H groups in total. The molecule has 3 rings (SSSR count). The maximum absolute atomic E-state index is 13.1. The van der Waals surface area contributed by atoms with Crippen LogP contribution in [0.4, 0.5) is 0 Å². The summed E-state index contributed by atoms with van der Waals surface area (Å²) in [6.45, 7) is 2.21. The standard InChI is InChI=1S/C27H30BrO2P/c1-2-3-4-5-15-22-26(23-16-9-6-10-17-23,24-18-11-7-12-19-24)27(28,31(29)30)25-20-13-8-14-21-25/h6-14,16-21H,2-5,15,22H2,1H3. The lowest BCUT2D eigenvalue weighted by atomic mass is 9.66. The number of rotatable bonds is 11. The normalized spacial score (nSPS) is 14.1. The van der Waals surface area contributed by atoms with Gasteiger partial charge in [-0.2, -0.15) is 0 Å². The van der Waals surface area contributed by atoms with Crippen molar-refractivity contribution in [2.75, 3.05) is 0 Å². The average Bonchev–Trinajstić information content (AvgIpc) is 2.82. The van der Waals surface area contributed by atoms with Crippen LogP contribution >= 0.6 is 24.0 Å². The molecule has 3 aromatic rings. The van der Waals surface area contributed by atoms with Gasteiger partial charge in [-0.1, -0.05) is 135 Å². The van der Waals surface area contributed by atoms with E-state index < -0.39 is 17.5 Å². The highest BCUT2D eigenvalue weighted by atomic mass is 79.9. The first-order chi connectivity index (χ1) is 15.1. The van der Waals surface area contributed by atoms with Crippen LogP contribution in [0.25, 0.3) is 0 Å². The predicted molar refractivity (Wildman–Crippen MR) is 132 cm³/mol. The van der Waals surface area contributed by atoms with E-state index in [0.29, 0.717) is 0 Å². The lowest BCUT2D eigenvalue weighted by Gasteiger charge is -2.43. The zero-order chi connectivity index (χ0) is 22.2. The van der Waals surface area contributed by atoms with Gasteiger partial charge in [-0.3, -0.25) is 0 Å². The molecule has 0 radical (unpaired) electrons. The molecule has 162 valence electrons. The summed E-state index contributed by atoms with van der Waals surface area (Å²) in [6, 6.07) is 29.8. The average molecular weight is 497 g/mol. The summed E-state index contributed by atoms with van der Waals surface area (Å²) >= 11 is 3.84. The Hall–Kier alpha value is -1.80. The molecule has 0 heterocycles. The summed E-state index contributed by atoms with van der Waals surface area (Å²) in [6.07, 6.45) is 6.32. The minimum absolute atomic E-state index is 0.730. The topological polar surface area (TPSA) is 40.1 Å². The van der Waals surface area contributed by atoms with Crippen LogP contribution in [0.15, 0.2) is 91.0 Å². The van der Waals surface area contributed by atoms with E-state index in [9.17, 15) is 9.46 Å². The van der Waals surface area contributed by atoms with Gasteiger partial charge < -0.3 is 4.89 Å². The molecule has 2 unspecified atom stereocenters. The van der Waals surface area contributed by atoms with E-state index >= 15 is 0 Å². The molecule has 0 saturated carbocycles. The zero-order valence-corrected chi connectivity index (χ0v) is 20.5. The first-order valence-corrected chi connectivity index (χ1v) is 13.0. The molecule has 0 amide bonds. The third-order valence-electron chi connectivity index (χ3n) is 6.16. The van der Waals surface area contributed by atoms with Crippen LogP contribution in [0.5, 0.6) is 0 Å². The van der Waals surface area contributed by atoms with Gasteiger partial charge in [-0.25, -0.2) is 0 Å². The van der Waals surface area contributed by atoms with Crippen LogP contribution in [0.1, 0.15) is 62.1 Å². The Balaban J connectivity index is 2.26. The van der Waals surface area contributed by atoms with E-state index in [1.165, 1.54) is 19.3 Å². The number of benzene rings is 3. The maximum Gasteiger partial charge on any atom is 0.333 e. The Morgan fingerprint density at radius 3 is 1.55 bits per heavy atom. The van der Waals surface area contributed by atoms with E-state index in [1.54, 1.807) is 0 Å². The molecule has 0 aliphatic heterocycles. The summed E-state index contributed by atoms with van der Waals surface area (Å²) in [4.78, 5) is 13.1. The number of halogens is 1. The molecule has 0 bridgehead atoms. The number of hydrogen-bond donors (Lipinski definition) is 0. The maximum atomic E-state index is 13.1. The van der Waals surface area contributed by atoms with Crippen molar-refractivity contribution < 1.29 is 9.46 Å². The smallest absolute Gasteiger partial charge is 0.333 e. The van der Waals surface area contributed by atoms with Crippen molar-refractivity contribution in [3.05, 3.63) is 108 Å². The number of hydrogen-bond acceptors (Lipinski definition) is 2. The van der Waals surface area contributed by atoms with Crippen LogP contribution in [0.3, 0.4) is 0 Å². The highest BCUT2D eigenvalue weighted by molar-refractivity contribution is 9.10. The van der Waals surface area contributed by atoms with Gasteiger partial charge >= 0.3 is 8.03 Å². The highest BCUT2D eigenvalue weighted by Gasteiger charge is 2.62. The van der Waals surface area contributed by atoms with Crippen molar-refractivity contribution in [2.24, 2.45) is 0 Å².